The molecule has 8 nitrogen and oxygen atoms in total. The molecule has 0 saturated carbocycles. The van der Waals surface area contributed by atoms with Crippen LogP contribution < -0.4 is 33.5 Å². The van der Waals surface area contributed by atoms with Gasteiger partial charge < -0.3 is 13.9 Å². The summed E-state index contributed by atoms with van der Waals surface area (Å²) in [6.45, 7) is 11.7. The van der Waals surface area contributed by atoms with Gasteiger partial charge in [0.05, 0.1) is 24.7 Å². The average molecular weight is 467 g/mol. The van der Waals surface area contributed by atoms with Crippen LogP contribution in [-0.4, -0.2) is 19.8 Å². The van der Waals surface area contributed by atoms with E-state index in [4.69, 9.17) is 37.0 Å². The van der Waals surface area contributed by atoms with Crippen LogP contribution >= 0.6 is 0 Å². The Labute approximate surface area is 188 Å². The average Bonchev–Trinajstić information content (AvgIpc) is 2.89. The highest BCUT2D eigenvalue weighted by molar-refractivity contribution is 5.93. The van der Waals surface area contributed by atoms with Crippen molar-refractivity contribution in [2.24, 2.45) is 0 Å². The smallest absolute Gasteiger partial charge is 0.355 e. The van der Waals surface area contributed by atoms with Gasteiger partial charge in [0, 0.05) is 6.92 Å². The molecule has 0 aliphatic heterocycles. The van der Waals surface area contributed by atoms with Gasteiger partial charge in [-0.25, -0.2) is 18.6 Å². The van der Waals surface area contributed by atoms with Crippen molar-refractivity contribution in [1.29, 1.82) is 0 Å². The van der Waals surface area contributed by atoms with Gasteiger partial charge in [-0.1, -0.05) is 12.1 Å². The highest BCUT2D eigenvalue weighted by Crippen LogP contribution is 2.33. The SMILES string of the molecule is CCOc1ccc(-c2cc(OCC)c3c(C)oc(C)c3c(=[O+]CC)c2)cc1.[O-][Cl+3]([O-])([O-])[O-]. The molecule has 0 saturated heterocycles. The van der Waals surface area contributed by atoms with Gasteiger partial charge in [-0.05, 0) is 57.0 Å². The summed E-state index contributed by atoms with van der Waals surface area (Å²) in [4.78, 5) is 0. The van der Waals surface area contributed by atoms with Gasteiger partial charge in [0.15, 0.2) is 0 Å². The maximum absolute atomic E-state index is 8.49. The number of rotatable bonds is 6. The fourth-order valence-electron chi connectivity index (χ4n) is 3.36. The van der Waals surface area contributed by atoms with Crippen LogP contribution in [0.5, 0.6) is 11.5 Å². The Morgan fingerprint density at radius 2 is 1.38 bits per heavy atom. The van der Waals surface area contributed by atoms with Crippen molar-refractivity contribution in [1.82, 2.24) is 0 Å². The van der Waals surface area contributed by atoms with E-state index in [2.05, 4.69) is 24.3 Å². The Morgan fingerprint density at radius 1 is 0.812 bits per heavy atom. The quantitative estimate of drug-likeness (QED) is 0.487. The largest absolute Gasteiger partial charge is 0.494 e. The normalized spacial score (nSPS) is 11.8. The predicted octanol–water partition coefficient (Wildman–Crippen LogP) is 0.674. The highest BCUT2D eigenvalue weighted by atomic mass is 35.7. The zero-order valence-corrected chi connectivity index (χ0v) is 19.5. The van der Waals surface area contributed by atoms with Gasteiger partial charge >= 0.3 is 5.43 Å². The van der Waals surface area contributed by atoms with Crippen LogP contribution in [0.4, 0.5) is 0 Å². The van der Waals surface area contributed by atoms with E-state index in [1.54, 1.807) is 0 Å². The number of hydrogen-bond acceptors (Lipinski definition) is 7. The molecule has 0 fully saturated rings. The van der Waals surface area contributed by atoms with Crippen LogP contribution in [-0.2, 0) is 0 Å². The van der Waals surface area contributed by atoms with Gasteiger partial charge in [-0.15, -0.1) is 10.2 Å². The Morgan fingerprint density at radius 3 is 1.91 bits per heavy atom. The molecule has 0 bridgehead atoms. The first kappa shape index (κ1) is 25.6. The monoisotopic (exact) mass is 466 g/mol. The summed E-state index contributed by atoms with van der Waals surface area (Å²) in [5.74, 6) is 3.33. The second kappa shape index (κ2) is 11.3. The number of halogens is 1. The molecule has 0 radical (unpaired) electrons. The second-order valence-corrected chi connectivity index (χ2v) is 7.39. The third-order valence-corrected chi connectivity index (χ3v) is 4.42. The summed E-state index contributed by atoms with van der Waals surface area (Å²) < 4.78 is 57.4. The highest BCUT2D eigenvalue weighted by Gasteiger charge is 2.19. The van der Waals surface area contributed by atoms with Crippen molar-refractivity contribution in [3.8, 4) is 22.6 Å². The summed E-state index contributed by atoms with van der Waals surface area (Å²) in [6, 6.07) is 12.2. The molecular weight excluding hydrogens is 440 g/mol. The van der Waals surface area contributed by atoms with Gasteiger partial charge in [0.2, 0.25) is 0 Å². The molecule has 0 aliphatic rings. The zero-order valence-electron chi connectivity index (χ0n) is 18.7. The van der Waals surface area contributed by atoms with Crippen LogP contribution in [0.15, 0.2) is 45.2 Å². The molecule has 0 atom stereocenters. The van der Waals surface area contributed by atoms with Crippen molar-refractivity contribution in [2.45, 2.75) is 34.6 Å². The van der Waals surface area contributed by atoms with E-state index in [0.29, 0.717) is 19.8 Å². The van der Waals surface area contributed by atoms with Crippen LogP contribution in [0.25, 0.3) is 21.9 Å². The molecular formula is C23H27ClO8. The van der Waals surface area contributed by atoms with Crippen molar-refractivity contribution < 1.29 is 42.8 Å². The third-order valence-electron chi connectivity index (χ3n) is 4.42. The van der Waals surface area contributed by atoms with E-state index in [1.165, 1.54) is 0 Å². The van der Waals surface area contributed by atoms with Gasteiger partial charge in [0.25, 0.3) is 6.61 Å². The first-order chi connectivity index (χ1) is 15.1. The molecule has 174 valence electrons. The van der Waals surface area contributed by atoms with Crippen molar-refractivity contribution in [2.75, 3.05) is 19.8 Å². The van der Waals surface area contributed by atoms with Crippen molar-refractivity contribution >= 4 is 10.8 Å². The van der Waals surface area contributed by atoms with E-state index in [1.807, 2.05) is 46.8 Å². The molecule has 0 N–H and O–H groups in total. The lowest BCUT2D eigenvalue weighted by atomic mass is 10.1. The molecule has 1 aromatic heterocycles. The van der Waals surface area contributed by atoms with E-state index in [9.17, 15) is 0 Å². The molecule has 9 heteroatoms. The fraction of sp³-hybridized carbons (Fsp3) is 0.348. The summed E-state index contributed by atoms with van der Waals surface area (Å²) in [5, 5.41) is 1.94. The Kier molecular flexibility index (Phi) is 9.06. The number of furan rings is 1. The van der Waals surface area contributed by atoms with Crippen molar-refractivity contribution in [3.63, 3.8) is 0 Å². The minimum atomic E-state index is -4.94. The zero-order chi connectivity index (χ0) is 23.9. The van der Waals surface area contributed by atoms with Gasteiger partial charge in [-0.2, -0.15) is 0 Å². The fourth-order valence-corrected chi connectivity index (χ4v) is 3.36. The summed E-state index contributed by atoms with van der Waals surface area (Å²) >= 11 is 0. The molecule has 0 aliphatic carbocycles. The van der Waals surface area contributed by atoms with Crippen LogP contribution in [0.1, 0.15) is 32.3 Å². The third kappa shape index (κ3) is 6.94. The Hall–Kier alpha value is -2.62. The first-order valence-corrected chi connectivity index (χ1v) is 11.3. The lowest BCUT2D eigenvalue weighted by Crippen LogP contribution is -2.68. The molecule has 1 heterocycles. The lowest BCUT2D eigenvalue weighted by Gasteiger charge is -2.17. The van der Waals surface area contributed by atoms with Crippen LogP contribution in [0, 0.1) is 24.1 Å². The van der Waals surface area contributed by atoms with Crippen LogP contribution in [0.3, 0.4) is 0 Å². The van der Waals surface area contributed by atoms with Crippen molar-refractivity contribution in [3.05, 3.63) is 57.8 Å². The van der Waals surface area contributed by atoms with E-state index >= 15 is 0 Å². The standard InChI is InChI=1S/C23H27O4.ClHO4/c1-6-24-19-11-9-17(10-12-19)18-13-20(25-7-2)22-15(4)27-16(5)23(22)21(14-18)26-8-3;2-1(3,4)5/h9-14H,6-8H2,1-5H3;(H,2,3,4,5)/q+1;/p-1. The molecule has 32 heavy (non-hydrogen) atoms. The minimum Gasteiger partial charge on any atom is -0.494 e. The number of ether oxygens (including phenoxy) is 2. The van der Waals surface area contributed by atoms with E-state index in [0.717, 1.165) is 50.3 Å². The van der Waals surface area contributed by atoms with E-state index < -0.39 is 10.2 Å². The Bertz CT molecular complexity index is 1090. The van der Waals surface area contributed by atoms with Gasteiger partial charge in [-0.3, -0.25) is 4.42 Å². The molecule has 0 amide bonds. The van der Waals surface area contributed by atoms with Gasteiger partial charge in [0.1, 0.15) is 28.4 Å². The number of fused-ring (bicyclic) bond motifs is 1. The van der Waals surface area contributed by atoms with E-state index in [-0.39, 0.29) is 0 Å². The summed E-state index contributed by atoms with van der Waals surface area (Å²) in [6.07, 6.45) is 0. The summed E-state index contributed by atoms with van der Waals surface area (Å²) in [7, 11) is -4.94. The maximum Gasteiger partial charge on any atom is 0.355 e. The number of hydrogen-bond donors (Lipinski definition) is 0. The molecule has 3 aromatic rings. The second-order valence-electron chi connectivity index (χ2n) is 6.64. The maximum atomic E-state index is 8.49. The first-order valence-electron chi connectivity index (χ1n) is 10.1. The molecule has 0 spiro atoms. The Balaban J connectivity index is 0.000000654. The molecule has 2 aromatic carbocycles. The topological polar surface area (TPSA) is 135 Å². The number of benzene rings is 1. The minimum absolute atomic E-state index is 0.579. The molecule has 0 unspecified atom stereocenters. The number of aryl methyl sites for hydroxylation is 2. The predicted molar refractivity (Wildman–Crippen MR) is 110 cm³/mol. The lowest BCUT2D eigenvalue weighted by molar-refractivity contribution is -2.00. The summed E-state index contributed by atoms with van der Waals surface area (Å²) in [5.41, 5.74) is 2.90. The molecule has 3 rings (SSSR count). The van der Waals surface area contributed by atoms with Crippen LogP contribution in [0.2, 0.25) is 0 Å².